The van der Waals surface area contributed by atoms with Gasteiger partial charge in [-0.15, -0.1) is 0 Å². The third kappa shape index (κ3) is 3.30. The van der Waals surface area contributed by atoms with E-state index in [0.717, 1.165) is 5.56 Å². The molecule has 3 rings (SSSR count). The molecule has 0 radical (unpaired) electrons. The van der Waals surface area contributed by atoms with Gasteiger partial charge in [-0.2, -0.15) is 0 Å². The number of imidazole rings is 1. The van der Waals surface area contributed by atoms with Crippen molar-refractivity contribution in [1.82, 2.24) is 9.97 Å². The summed E-state index contributed by atoms with van der Waals surface area (Å²) in [6, 6.07) is 15.9. The highest BCUT2D eigenvalue weighted by Gasteiger charge is 2.32. The van der Waals surface area contributed by atoms with Crippen molar-refractivity contribution in [2.24, 2.45) is 0 Å². The van der Waals surface area contributed by atoms with Crippen LogP contribution in [-0.4, -0.2) is 18.4 Å². The molecule has 0 bridgehead atoms. The summed E-state index contributed by atoms with van der Waals surface area (Å²) >= 11 is 0. The molecule has 0 aliphatic rings. The summed E-state index contributed by atoms with van der Waals surface area (Å²) in [5.41, 5.74) is 1.29. The van der Waals surface area contributed by atoms with Crippen molar-refractivity contribution in [1.29, 1.82) is 0 Å². The van der Waals surface area contributed by atoms with Crippen molar-refractivity contribution in [2.75, 3.05) is 4.31 Å². The topological polar surface area (TPSA) is 66.1 Å². The lowest BCUT2D eigenvalue weighted by Crippen LogP contribution is -2.30. The number of rotatable bonds is 4. The molecule has 0 spiro atoms. The maximum absolute atomic E-state index is 13.4. The van der Waals surface area contributed by atoms with E-state index in [1.54, 1.807) is 42.7 Å². The van der Waals surface area contributed by atoms with Gasteiger partial charge >= 0.3 is 0 Å². The Labute approximate surface area is 148 Å². The molecule has 0 fully saturated rings. The Morgan fingerprint density at radius 2 is 1.60 bits per heavy atom. The fourth-order valence-electron chi connectivity index (χ4n) is 2.71. The summed E-state index contributed by atoms with van der Waals surface area (Å²) in [4.78, 5) is 7.34. The van der Waals surface area contributed by atoms with Crippen LogP contribution in [0, 0.1) is 0 Å². The third-order valence-electron chi connectivity index (χ3n) is 3.89. The second-order valence-electron chi connectivity index (χ2n) is 6.76. The number of sulfonamides is 1. The molecule has 0 aliphatic carbocycles. The minimum atomic E-state index is -3.82. The first-order valence-electron chi connectivity index (χ1n) is 8.01. The number of benzene rings is 2. The SMILES string of the molecule is CC(C)(C)c1ccccc1N(c1ncc[nH]1)S(=O)(=O)c1ccccc1. The Kier molecular flexibility index (Phi) is 4.39. The van der Waals surface area contributed by atoms with E-state index < -0.39 is 10.0 Å². The van der Waals surface area contributed by atoms with Gasteiger partial charge in [0.05, 0.1) is 10.6 Å². The largest absolute Gasteiger partial charge is 0.330 e. The third-order valence-corrected chi connectivity index (χ3v) is 5.61. The zero-order valence-electron chi connectivity index (χ0n) is 14.5. The standard InChI is InChI=1S/C19H21N3O2S/c1-19(2,3)16-11-7-8-12-17(16)22(18-20-13-14-21-18)25(23,24)15-9-5-4-6-10-15/h4-14H,1-3H3,(H,20,21). The van der Waals surface area contributed by atoms with Gasteiger partial charge in [0, 0.05) is 12.4 Å². The number of para-hydroxylation sites is 1. The number of aromatic nitrogens is 2. The van der Waals surface area contributed by atoms with Crippen LogP contribution in [0.5, 0.6) is 0 Å². The lowest BCUT2D eigenvalue weighted by Gasteiger charge is -2.29. The van der Waals surface area contributed by atoms with E-state index in [0.29, 0.717) is 5.69 Å². The molecular weight excluding hydrogens is 334 g/mol. The molecular formula is C19H21N3O2S. The predicted octanol–water partition coefficient (Wildman–Crippen LogP) is 4.23. The van der Waals surface area contributed by atoms with Gasteiger partial charge in [-0.1, -0.05) is 57.2 Å². The average Bonchev–Trinajstić information content (AvgIpc) is 3.09. The van der Waals surface area contributed by atoms with Gasteiger partial charge in [0.15, 0.2) is 0 Å². The molecule has 0 atom stereocenters. The van der Waals surface area contributed by atoms with Gasteiger partial charge < -0.3 is 4.98 Å². The maximum atomic E-state index is 13.4. The highest BCUT2D eigenvalue weighted by atomic mass is 32.2. The number of hydrogen-bond donors (Lipinski definition) is 1. The maximum Gasteiger partial charge on any atom is 0.271 e. The summed E-state index contributed by atoms with van der Waals surface area (Å²) in [6.45, 7) is 6.17. The second kappa shape index (κ2) is 6.37. The van der Waals surface area contributed by atoms with Crippen molar-refractivity contribution in [2.45, 2.75) is 31.1 Å². The monoisotopic (exact) mass is 355 g/mol. The van der Waals surface area contributed by atoms with Gasteiger partial charge in [-0.25, -0.2) is 17.7 Å². The molecule has 0 saturated heterocycles. The number of nitrogens with zero attached hydrogens (tertiary/aromatic N) is 2. The summed E-state index contributed by atoms with van der Waals surface area (Å²) in [7, 11) is -3.82. The van der Waals surface area contributed by atoms with E-state index in [-0.39, 0.29) is 16.3 Å². The molecule has 6 heteroatoms. The predicted molar refractivity (Wildman–Crippen MR) is 99.5 cm³/mol. The van der Waals surface area contributed by atoms with Crippen LogP contribution < -0.4 is 4.31 Å². The molecule has 0 amide bonds. The van der Waals surface area contributed by atoms with Gasteiger partial charge in [0.1, 0.15) is 0 Å². The van der Waals surface area contributed by atoms with Crippen LogP contribution in [0.2, 0.25) is 0 Å². The van der Waals surface area contributed by atoms with Crippen LogP contribution in [0.1, 0.15) is 26.3 Å². The lowest BCUT2D eigenvalue weighted by atomic mass is 9.86. The van der Waals surface area contributed by atoms with Crippen LogP contribution in [0.25, 0.3) is 0 Å². The second-order valence-corrected chi connectivity index (χ2v) is 8.55. The minimum Gasteiger partial charge on any atom is -0.330 e. The molecule has 2 aromatic carbocycles. The number of H-pyrrole nitrogens is 1. The molecule has 1 aromatic heterocycles. The molecule has 130 valence electrons. The number of hydrogen-bond acceptors (Lipinski definition) is 3. The number of nitrogens with one attached hydrogen (secondary N) is 1. The first-order chi connectivity index (χ1) is 11.8. The van der Waals surface area contributed by atoms with E-state index in [9.17, 15) is 8.42 Å². The smallest absolute Gasteiger partial charge is 0.271 e. The van der Waals surface area contributed by atoms with E-state index in [1.165, 1.54) is 4.31 Å². The van der Waals surface area contributed by atoms with Crippen LogP contribution >= 0.6 is 0 Å². The molecule has 0 aliphatic heterocycles. The van der Waals surface area contributed by atoms with Gasteiger partial charge in [-0.05, 0) is 29.2 Å². The fourth-order valence-corrected chi connectivity index (χ4v) is 4.17. The summed E-state index contributed by atoms with van der Waals surface area (Å²) in [5, 5.41) is 0. The Bertz CT molecular complexity index is 944. The first kappa shape index (κ1) is 17.2. The van der Waals surface area contributed by atoms with E-state index in [2.05, 4.69) is 30.7 Å². The van der Waals surface area contributed by atoms with Crippen molar-refractivity contribution >= 4 is 21.7 Å². The van der Waals surface area contributed by atoms with Crippen molar-refractivity contribution < 1.29 is 8.42 Å². The zero-order chi connectivity index (χ0) is 18.1. The molecule has 0 unspecified atom stereocenters. The van der Waals surface area contributed by atoms with Gasteiger partial charge in [0.25, 0.3) is 10.0 Å². The normalized spacial score (nSPS) is 12.1. The van der Waals surface area contributed by atoms with Crippen LogP contribution in [0.3, 0.4) is 0 Å². The van der Waals surface area contributed by atoms with E-state index >= 15 is 0 Å². The number of anilines is 2. The van der Waals surface area contributed by atoms with Crippen LogP contribution in [0.15, 0.2) is 71.9 Å². The number of aromatic amines is 1. The van der Waals surface area contributed by atoms with Crippen molar-refractivity contribution in [3.63, 3.8) is 0 Å². The molecule has 25 heavy (non-hydrogen) atoms. The summed E-state index contributed by atoms with van der Waals surface area (Å²) in [5.74, 6) is 0.264. The van der Waals surface area contributed by atoms with E-state index in [4.69, 9.17) is 0 Å². The van der Waals surface area contributed by atoms with Crippen molar-refractivity contribution in [3.05, 3.63) is 72.6 Å². The highest BCUT2D eigenvalue weighted by molar-refractivity contribution is 7.93. The average molecular weight is 355 g/mol. The first-order valence-corrected chi connectivity index (χ1v) is 9.45. The summed E-state index contributed by atoms with van der Waals surface area (Å²) in [6.07, 6.45) is 3.16. The van der Waals surface area contributed by atoms with Gasteiger partial charge in [-0.3, -0.25) is 0 Å². The van der Waals surface area contributed by atoms with Gasteiger partial charge in [0.2, 0.25) is 5.95 Å². The summed E-state index contributed by atoms with van der Waals surface area (Å²) < 4.78 is 28.0. The lowest BCUT2D eigenvalue weighted by molar-refractivity contribution is 0.585. The fraction of sp³-hybridized carbons (Fsp3) is 0.211. The molecule has 0 saturated carbocycles. The molecule has 1 N–H and O–H groups in total. The Hall–Kier alpha value is -2.60. The molecule has 1 heterocycles. The Morgan fingerprint density at radius 3 is 2.20 bits per heavy atom. The van der Waals surface area contributed by atoms with Crippen LogP contribution in [0.4, 0.5) is 11.6 Å². The highest BCUT2D eigenvalue weighted by Crippen LogP contribution is 2.37. The zero-order valence-corrected chi connectivity index (χ0v) is 15.3. The Balaban J connectivity index is 2.27. The van der Waals surface area contributed by atoms with E-state index in [1.807, 2.05) is 24.3 Å². The molecule has 3 aromatic rings. The minimum absolute atomic E-state index is 0.218. The Morgan fingerprint density at radius 1 is 0.960 bits per heavy atom. The quantitative estimate of drug-likeness (QED) is 0.761. The van der Waals surface area contributed by atoms with Crippen LogP contribution in [-0.2, 0) is 15.4 Å². The van der Waals surface area contributed by atoms with Crippen molar-refractivity contribution in [3.8, 4) is 0 Å². The molecule has 5 nitrogen and oxygen atoms in total.